The highest BCUT2D eigenvalue weighted by molar-refractivity contribution is 5.86. The molecule has 0 aliphatic heterocycles. The summed E-state index contributed by atoms with van der Waals surface area (Å²) in [6.45, 7) is 5.16. The number of carboxylic acids is 1. The number of rotatable bonds is 5. The van der Waals surface area contributed by atoms with E-state index in [2.05, 4.69) is 5.32 Å². The molecule has 1 aromatic rings. The lowest BCUT2D eigenvalue weighted by Gasteiger charge is -2.21. The van der Waals surface area contributed by atoms with Crippen molar-refractivity contribution in [3.63, 3.8) is 0 Å². The number of carboxylic acid groups (broad SMARTS) is 1. The maximum atomic E-state index is 11.9. The van der Waals surface area contributed by atoms with Crippen LogP contribution in [0, 0.1) is 0 Å². The highest BCUT2D eigenvalue weighted by atomic mass is 16.6. The summed E-state index contributed by atoms with van der Waals surface area (Å²) < 4.78 is 10.2. The second kappa shape index (κ2) is 7.13. The van der Waals surface area contributed by atoms with Crippen molar-refractivity contribution in [3.8, 4) is 5.75 Å². The lowest BCUT2D eigenvalue weighted by Crippen LogP contribution is -2.27. The van der Waals surface area contributed by atoms with E-state index in [0.29, 0.717) is 5.75 Å². The van der Waals surface area contributed by atoms with E-state index >= 15 is 0 Å². The molecule has 0 aliphatic rings. The first kappa shape index (κ1) is 17.8. The van der Waals surface area contributed by atoms with Gasteiger partial charge in [-0.15, -0.1) is 0 Å². The Morgan fingerprint density at radius 2 is 1.95 bits per heavy atom. The summed E-state index contributed by atoms with van der Waals surface area (Å²) in [7, 11) is 1.46. The number of ether oxygens (including phenoxy) is 2. The smallest absolute Gasteiger partial charge is 0.412 e. The molecule has 122 valence electrons. The van der Waals surface area contributed by atoms with Gasteiger partial charge in [-0.3, -0.25) is 10.1 Å². The van der Waals surface area contributed by atoms with Crippen molar-refractivity contribution < 1.29 is 29.3 Å². The summed E-state index contributed by atoms with van der Waals surface area (Å²) in [6, 6.07) is 4.56. The van der Waals surface area contributed by atoms with E-state index in [4.69, 9.17) is 14.6 Å². The van der Waals surface area contributed by atoms with Gasteiger partial charge in [-0.05, 0) is 26.8 Å². The zero-order chi connectivity index (χ0) is 16.9. The van der Waals surface area contributed by atoms with E-state index in [1.54, 1.807) is 26.8 Å². The number of carbonyl (C=O) groups is 2. The molecule has 0 spiro atoms. The molecule has 0 bridgehead atoms. The SMILES string of the molecule is COc1ccc([C@@H](O)CC(=O)O)c(NC(=O)OC(C)(C)C)c1. The zero-order valence-electron chi connectivity index (χ0n) is 13.0. The van der Waals surface area contributed by atoms with Gasteiger partial charge < -0.3 is 19.7 Å². The molecule has 0 aromatic heterocycles. The van der Waals surface area contributed by atoms with Crippen LogP contribution < -0.4 is 10.1 Å². The first-order valence-corrected chi connectivity index (χ1v) is 6.70. The Balaban J connectivity index is 3.03. The fraction of sp³-hybridized carbons (Fsp3) is 0.467. The highest BCUT2D eigenvalue weighted by Gasteiger charge is 2.21. The molecule has 1 aromatic carbocycles. The second-order valence-corrected chi connectivity index (χ2v) is 5.69. The summed E-state index contributed by atoms with van der Waals surface area (Å²) >= 11 is 0. The van der Waals surface area contributed by atoms with Crippen LogP contribution in [0.25, 0.3) is 0 Å². The molecular formula is C15H21NO6. The summed E-state index contributed by atoms with van der Waals surface area (Å²) in [4.78, 5) is 22.6. The third-order valence-electron chi connectivity index (χ3n) is 2.62. The van der Waals surface area contributed by atoms with Crippen molar-refractivity contribution in [1.29, 1.82) is 0 Å². The van der Waals surface area contributed by atoms with Crippen molar-refractivity contribution in [3.05, 3.63) is 23.8 Å². The van der Waals surface area contributed by atoms with Gasteiger partial charge in [0, 0.05) is 11.6 Å². The minimum atomic E-state index is -1.26. The number of nitrogens with one attached hydrogen (secondary N) is 1. The van der Waals surface area contributed by atoms with Crippen LogP contribution in [0.15, 0.2) is 18.2 Å². The van der Waals surface area contributed by atoms with Gasteiger partial charge >= 0.3 is 12.1 Å². The van der Waals surface area contributed by atoms with Crippen molar-refractivity contribution in [2.24, 2.45) is 0 Å². The lowest BCUT2D eigenvalue weighted by molar-refractivity contribution is -0.139. The Hall–Kier alpha value is -2.28. The molecule has 7 nitrogen and oxygen atoms in total. The van der Waals surface area contributed by atoms with Gasteiger partial charge in [-0.25, -0.2) is 4.79 Å². The number of carbonyl (C=O) groups excluding carboxylic acids is 1. The predicted octanol–water partition coefficient (Wildman–Crippen LogP) is 2.55. The molecule has 0 saturated heterocycles. The van der Waals surface area contributed by atoms with Crippen molar-refractivity contribution in [1.82, 2.24) is 0 Å². The Morgan fingerprint density at radius 3 is 2.45 bits per heavy atom. The molecule has 0 saturated carbocycles. The maximum absolute atomic E-state index is 11.9. The number of amides is 1. The average molecular weight is 311 g/mol. The first-order chi connectivity index (χ1) is 10.1. The van der Waals surface area contributed by atoms with Crippen molar-refractivity contribution >= 4 is 17.7 Å². The number of aliphatic hydroxyl groups excluding tert-OH is 1. The number of anilines is 1. The first-order valence-electron chi connectivity index (χ1n) is 6.70. The number of hydrogen-bond donors (Lipinski definition) is 3. The number of methoxy groups -OCH3 is 1. The Labute approximate surface area is 128 Å². The van der Waals surface area contributed by atoms with Crippen LogP contribution in [0.4, 0.5) is 10.5 Å². The Kier molecular flexibility index (Phi) is 5.76. The van der Waals surface area contributed by atoms with E-state index in [0.717, 1.165) is 0 Å². The van der Waals surface area contributed by atoms with Gasteiger partial charge in [0.25, 0.3) is 0 Å². The van der Waals surface area contributed by atoms with Gasteiger partial charge in [-0.2, -0.15) is 0 Å². The average Bonchev–Trinajstić information content (AvgIpc) is 2.35. The van der Waals surface area contributed by atoms with Crippen LogP contribution >= 0.6 is 0 Å². The quantitative estimate of drug-likeness (QED) is 0.772. The highest BCUT2D eigenvalue weighted by Crippen LogP contribution is 2.29. The molecule has 1 atom stereocenters. The Morgan fingerprint density at radius 1 is 1.32 bits per heavy atom. The van der Waals surface area contributed by atoms with Crippen LogP contribution in [0.2, 0.25) is 0 Å². The number of hydrogen-bond acceptors (Lipinski definition) is 5. The summed E-state index contributed by atoms with van der Waals surface area (Å²) in [5, 5.41) is 21.2. The molecule has 0 fully saturated rings. The molecule has 1 amide bonds. The fourth-order valence-electron chi connectivity index (χ4n) is 1.75. The maximum Gasteiger partial charge on any atom is 0.412 e. The molecular weight excluding hydrogens is 290 g/mol. The standard InChI is InChI=1S/C15H21NO6/c1-15(2,3)22-14(20)16-11-7-9(21-4)5-6-10(11)12(17)8-13(18)19/h5-7,12,17H,8H2,1-4H3,(H,16,20)(H,18,19)/t12-/m0/s1. The van der Waals surface area contributed by atoms with Crippen LogP contribution in [-0.2, 0) is 9.53 Å². The van der Waals surface area contributed by atoms with Crippen molar-refractivity contribution in [2.45, 2.75) is 38.9 Å². The minimum absolute atomic E-state index is 0.238. The van der Waals surface area contributed by atoms with Crippen LogP contribution in [0.3, 0.4) is 0 Å². The summed E-state index contributed by atoms with van der Waals surface area (Å²) in [5.74, 6) is -0.691. The number of benzene rings is 1. The van der Waals surface area contributed by atoms with Crippen LogP contribution in [0.5, 0.6) is 5.75 Å². The molecule has 3 N–H and O–H groups in total. The number of aliphatic carboxylic acids is 1. The molecule has 0 heterocycles. The zero-order valence-corrected chi connectivity index (χ0v) is 13.0. The second-order valence-electron chi connectivity index (χ2n) is 5.69. The van der Waals surface area contributed by atoms with E-state index < -0.39 is 30.2 Å². The van der Waals surface area contributed by atoms with E-state index in [1.165, 1.54) is 19.2 Å². The molecule has 0 aliphatic carbocycles. The lowest BCUT2D eigenvalue weighted by atomic mass is 10.0. The largest absolute Gasteiger partial charge is 0.497 e. The Bertz CT molecular complexity index is 549. The van der Waals surface area contributed by atoms with Gasteiger partial charge in [0.15, 0.2) is 0 Å². The molecule has 22 heavy (non-hydrogen) atoms. The molecule has 7 heteroatoms. The van der Waals surface area contributed by atoms with Gasteiger partial charge in [0.1, 0.15) is 11.4 Å². The van der Waals surface area contributed by atoms with E-state index in [-0.39, 0.29) is 11.3 Å². The predicted molar refractivity (Wildman–Crippen MR) is 80.1 cm³/mol. The summed E-state index contributed by atoms with van der Waals surface area (Å²) in [6.07, 6.45) is -2.44. The van der Waals surface area contributed by atoms with Crippen LogP contribution in [0.1, 0.15) is 38.9 Å². The fourth-order valence-corrected chi connectivity index (χ4v) is 1.75. The molecule has 1 rings (SSSR count). The topological polar surface area (TPSA) is 105 Å². The molecule has 0 radical (unpaired) electrons. The van der Waals surface area contributed by atoms with E-state index in [9.17, 15) is 14.7 Å². The van der Waals surface area contributed by atoms with Crippen molar-refractivity contribution in [2.75, 3.05) is 12.4 Å². The molecule has 0 unspecified atom stereocenters. The minimum Gasteiger partial charge on any atom is -0.497 e. The third-order valence-corrected chi connectivity index (χ3v) is 2.62. The monoisotopic (exact) mass is 311 g/mol. The van der Waals surface area contributed by atoms with Gasteiger partial charge in [0.2, 0.25) is 0 Å². The van der Waals surface area contributed by atoms with E-state index in [1.807, 2.05) is 0 Å². The summed E-state index contributed by atoms with van der Waals surface area (Å²) in [5.41, 5.74) is -0.167. The van der Waals surface area contributed by atoms with Gasteiger partial charge in [0.05, 0.1) is 25.3 Å². The third kappa shape index (κ3) is 5.61. The number of aliphatic hydroxyl groups is 1. The normalized spacial score (nSPS) is 12.4. The van der Waals surface area contributed by atoms with Crippen LogP contribution in [-0.4, -0.2) is 35.0 Å². The van der Waals surface area contributed by atoms with Gasteiger partial charge in [-0.1, -0.05) is 6.07 Å².